The molecule has 8 rings (SSSR count). The maximum Gasteiger partial charge on any atom is 0.119 e. The molecule has 1 aliphatic rings. The van der Waals surface area contributed by atoms with Crippen LogP contribution in [0.4, 0.5) is 5.69 Å². The minimum absolute atomic E-state index is 0.124. The molecule has 0 amide bonds. The summed E-state index contributed by atoms with van der Waals surface area (Å²) >= 11 is 0. The van der Waals surface area contributed by atoms with Crippen molar-refractivity contribution in [1.29, 1.82) is 0 Å². The first-order valence-corrected chi connectivity index (χ1v) is 17.2. The Kier molecular flexibility index (Phi) is 8.15. The number of nitrogens with two attached hydrogens (primary N) is 2. The van der Waals surface area contributed by atoms with Crippen molar-refractivity contribution in [1.82, 2.24) is 10.6 Å². The molecule has 7 aromatic rings. The molecular weight excluding hydrogens is 609 g/mol. The van der Waals surface area contributed by atoms with Crippen LogP contribution in [0, 0.1) is 0 Å². The van der Waals surface area contributed by atoms with Crippen LogP contribution in [0.5, 0.6) is 0 Å². The van der Waals surface area contributed by atoms with Gasteiger partial charge in [0, 0.05) is 28.2 Å². The third-order valence-electron chi connectivity index (χ3n) is 9.94. The monoisotopic (exact) mass is 648 g/mol. The average Bonchev–Trinajstić information content (AvgIpc) is 3.17. The second kappa shape index (κ2) is 13.1. The summed E-state index contributed by atoms with van der Waals surface area (Å²) in [7, 11) is 0. The van der Waals surface area contributed by atoms with Crippen LogP contribution in [0.3, 0.4) is 0 Å². The van der Waals surface area contributed by atoms with Crippen molar-refractivity contribution in [3.63, 3.8) is 0 Å². The average molecular weight is 649 g/mol. The lowest BCUT2D eigenvalue weighted by molar-refractivity contribution is 0.474. The summed E-state index contributed by atoms with van der Waals surface area (Å²) in [6.45, 7) is 4.08. The lowest BCUT2D eigenvalue weighted by atomic mass is 9.90. The highest BCUT2D eigenvalue weighted by molar-refractivity contribution is 6.12. The first-order chi connectivity index (χ1) is 24.5. The van der Waals surface area contributed by atoms with Crippen molar-refractivity contribution in [2.45, 2.75) is 26.1 Å². The van der Waals surface area contributed by atoms with Gasteiger partial charge in [0.15, 0.2) is 0 Å². The molecule has 0 aromatic heterocycles. The van der Waals surface area contributed by atoms with Gasteiger partial charge in [-0.15, -0.1) is 0 Å². The maximum absolute atomic E-state index is 7.00. The number of hydrogen-bond acceptors (Lipinski definition) is 4. The first kappa shape index (κ1) is 31.2. The van der Waals surface area contributed by atoms with Crippen LogP contribution in [0.25, 0.3) is 60.4 Å². The van der Waals surface area contributed by atoms with Gasteiger partial charge >= 0.3 is 0 Å². The maximum atomic E-state index is 7.00. The third-order valence-corrected chi connectivity index (χ3v) is 9.94. The molecule has 6 N–H and O–H groups in total. The molecular formula is C46H40N4. The van der Waals surface area contributed by atoms with E-state index in [0.717, 1.165) is 33.6 Å². The minimum Gasteiger partial charge on any atom is -0.399 e. The van der Waals surface area contributed by atoms with E-state index >= 15 is 0 Å². The van der Waals surface area contributed by atoms with Gasteiger partial charge in [-0.05, 0) is 97.9 Å². The smallest absolute Gasteiger partial charge is 0.119 e. The Hall–Kier alpha value is -6.10. The molecule has 4 nitrogen and oxygen atoms in total. The number of rotatable bonds is 6. The molecule has 0 bridgehead atoms. The third kappa shape index (κ3) is 5.60. The lowest BCUT2D eigenvalue weighted by Gasteiger charge is -2.34. The Morgan fingerprint density at radius 3 is 1.96 bits per heavy atom. The summed E-state index contributed by atoms with van der Waals surface area (Å²) in [5.41, 5.74) is 21.5. The normalized spacial score (nSPS) is 17.1. The molecule has 0 aliphatic carbocycles. The second-order valence-electron chi connectivity index (χ2n) is 13.1. The van der Waals surface area contributed by atoms with Crippen molar-refractivity contribution < 1.29 is 0 Å². The standard InChI is InChI=1S/C46H40N4/c1-3-13-30-16-12-23-33(45(30)48)29(2)24-25-42(47)46-49-43(40-26-31-14-4-6-17-34(31)36-19-8-10-21-38(36)40)28-44(50-46)41-27-32-15-5-7-18-35(32)37-20-9-11-22-39(37)41/h3-28,43,46,49-50H,47-48H2,1-2H3/b13-3-,29-24+,42-25-. The topological polar surface area (TPSA) is 76.1 Å². The Morgan fingerprint density at radius 2 is 1.26 bits per heavy atom. The number of benzene rings is 7. The molecule has 1 aliphatic heterocycles. The van der Waals surface area contributed by atoms with Gasteiger partial charge in [-0.3, -0.25) is 5.32 Å². The zero-order chi connectivity index (χ0) is 34.2. The Bertz CT molecular complexity index is 2550. The van der Waals surface area contributed by atoms with Gasteiger partial charge in [-0.25, -0.2) is 0 Å². The van der Waals surface area contributed by atoms with Crippen LogP contribution >= 0.6 is 0 Å². The Morgan fingerprint density at radius 1 is 0.660 bits per heavy atom. The van der Waals surface area contributed by atoms with Gasteiger partial charge < -0.3 is 16.8 Å². The molecule has 1 heterocycles. The summed E-state index contributed by atoms with van der Waals surface area (Å²) in [5, 5.41) is 17.5. The Balaban J connectivity index is 1.28. The number of nitrogens with one attached hydrogen (secondary N) is 2. The van der Waals surface area contributed by atoms with Crippen molar-refractivity contribution >= 4 is 66.1 Å². The van der Waals surface area contributed by atoms with Gasteiger partial charge in [0.2, 0.25) is 0 Å². The molecule has 244 valence electrons. The predicted molar refractivity (Wildman–Crippen MR) is 215 cm³/mol. The van der Waals surface area contributed by atoms with Crippen LogP contribution in [-0.2, 0) is 0 Å². The number of nitrogen functional groups attached to an aromatic ring is 1. The summed E-state index contributed by atoms with van der Waals surface area (Å²) in [6, 6.07) is 45.2. The van der Waals surface area contributed by atoms with Crippen LogP contribution in [-0.4, -0.2) is 6.17 Å². The summed E-state index contributed by atoms with van der Waals surface area (Å²) in [5.74, 6) is 0. The highest BCUT2D eigenvalue weighted by atomic mass is 15.2. The van der Waals surface area contributed by atoms with Gasteiger partial charge in [-0.1, -0.05) is 133 Å². The molecule has 0 spiro atoms. The fraction of sp³-hybridized carbons (Fsp3) is 0.0870. The molecule has 0 saturated carbocycles. The summed E-state index contributed by atoms with van der Waals surface area (Å²) in [4.78, 5) is 0. The lowest BCUT2D eigenvalue weighted by Crippen LogP contribution is -2.49. The molecule has 50 heavy (non-hydrogen) atoms. The van der Waals surface area contributed by atoms with Gasteiger partial charge in [0.05, 0.1) is 6.04 Å². The van der Waals surface area contributed by atoms with Crippen molar-refractivity contribution in [3.8, 4) is 0 Å². The molecule has 0 radical (unpaired) electrons. The fourth-order valence-electron chi connectivity index (χ4n) is 7.44. The first-order valence-electron chi connectivity index (χ1n) is 17.2. The quantitative estimate of drug-likeness (QED) is 0.0822. The van der Waals surface area contributed by atoms with Crippen molar-refractivity contribution in [2.75, 3.05) is 5.73 Å². The number of allylic oxidation sites excluding steroid dienone is 4. The van der Waals surface area contributed by atoms with Gasteiger partial charge in [0.1, 0.15) is 6.17 Å². The molecule has 0 saturated heterocycles. The largest absolute Gasteiger partial charge is 0.399 e. The van der Waals surface area contributed by atoms with Crippen molar-refractivity contribution in [3.05, 3.63) is 180 Å². The van der Waals surface area contributed by atoms with E-state index in [1.54, 1.807) is 0 Å². The van der Waals surface area contributed by atoms with E-state index in [1.807, 2.05) is 37.3 Å². The number of fused-ring (bicyclic) bond motifs is 6. The predicted octanol–water partition coefficient (Wildman–Crippen LogP) is 10.5. The van der Waals surface area contributed by atoms with E-state index in [0.29, 0.717) is 5.70 Å². The number of anilines is 1. The van der Waals surface area contributed by atoms with E-state index in [9.17, 15) is 0 Å². The van der Waals surface area contributed by atoms with Crippen LogP contribution in [0.2, 0.25) is 0 Å². The zero-order valence-electron chi connectivity index (χ0n) is 28.3. The molecule has 0 fully saturated rings. The van der Waals surface area contributed by atoms with E-state index in [2.05, 4.69) is 145 Å². The zero-order valence-corrected chi connectivity index (χ0v) is 28.3. The van der Waals surface area contributed by atoms with E-state index in [-0.39, 0.29) is 12.2 Å². The van der Waals surface area contributed by atoms with E-state index in [1.165, 1.54) is 48.7 Å². The summed E-state index contributed by atoms with van der Waals surface area (Å²) < 4.78 is 0. The van der Waals surface area contributed by atoms with E-state index < -0.39 is 0 Å². The minimum atomic E-state index is -0.341. The highest BCUT2D eigenvalue weighted by Crippen LogP contribution is 2.38. The fourth-order valence-corrected chi connectivity index (χ4v) is 7.44. The molecule has 4 heteroatoms. The number of para-hydroxylation sites is 1. The van der Waals surface area contributed by atoms with Crippen LogP contribution in [0.15, 0.2) is 157 Å². The van der Waals surface area contributed by atoms with E-state index in [4.69, 9.17) is 11.5 Å². The van der Waals surface area contributed by atoms with Crippen molar-refractivity contribution in [2.24, 2.45) is 5.73 Å². The summed E-state index contributed by atoms with van der Waals surface area (Å²) in [6.07, 6.45) is 10.1. The SMILES string of the molecule is C/C=C\c1cccc(/C(C)=C/C=C(\N)C2NC(c3cc4ccccc4c4ccccc34)=CC(c3cc4ccccc4c4ccccc34)N2)c1N. The highest BCUT2D eigenvalue weighted by Gasteiger charge is 2.27. The Labute approximate surface area is 293 Å². The van der Waals surface area contributed by atoms with Gasteiger partial charge in [-0.2, -0.15) is 0 Å². The van der Waals surface area contributed by atoms with Gasteiger partial charge in [0.25, 0.3) is 0 Å². The second-order valence-corrected chi connectivity index (χ2v) is 13.1. The van der Waals surface area contributed by atoms with Crippen LogP contribution in [0.1, 0.15) is 42.1 Å². The molecule has 2 unspecified atom stereocenters. The number of hydrogen-bond donors (Lipinski definition) is 4. The molecule has 2 atom stereocenters. The molecule has 7 aromatic carbocycles. The van der Waals surface area contributed by atoms with Crippen LogP contribution < -0.4 is 22.1 Å².